The highest BCUT2D eigenvalue weighted by Gasteiger charge is 2.30. The molecule has 1 heterocycles. The number of aromatic amines is 1. The van der Waals surface area contributed by atoms with Gasteiger partial charge in [0.2, 0.25) is 0 Å². The van der Waals surface area contributed by atoms with E-state index in [2.05, 4.69) is 4.98 Å². The first kappa shape index (κ1) is 7.63. The molecular formula is C11H16N2. The summed E-state index contributed by atoms with van der Waals surface area (Å²) in [4.78, 5) is 3.60. The molecule has 3 rings (SSSR count). The molecule has 0 spiro atoms. The van der Waals surface area contributed by atoms with Crippen molar-refractivity contribution in [3.05, 3.63) is 22.5 Å². The van der Waals surface area contributed by atoms with Crippen molar-refractivity contribution in [3.63, 3.8) is 0 Å². The normalized spacial score (nSPS) is 20.7. The van der Waals surface area contributed by atoms with Gasteiger partial charge in [-0.05, 0) is 49.1 Å². The van der Waals surface area contributed by atoms with Crippen molar-refractivity contribution >= 4 is 0 Å². The van der Waals surface area contributed by atoms with Gasteiger partial charge in [0.15, 0.2) is 0 Å². The maximum atomic E-state index is 5.81. The summed E-state index contributed by atoms with van der Waals surface area (Å²) in [6, 6.07) is 0. The van der Waals surface area contributed by atoms with Crippen LogP contribution in [0.1, 0.15) is 47.7 Å². The fourth-order valence-corrected chi connectivity index (χ4v) is 2.57. The number of rotatable bonds is 2. The van der Waals surface area contributed by atoms with Gasteiger partial charge in [-0.2, -0.15) is 0 Å². The molecule has 2 nitrogen and oxygen atoms in total. The molecule has 2 aliphatic carbocycles. The number of H-pyrrole nitrogens is 1. The minimum Gasteiger partial charge on any atom is -0.362 e. The molecule has 1 aromatic rings. The highest BCUT2D eigenvalue weighted by Crippen LogP contribution is 2.43. The quantitative estimate of drug-likeness (QED) is 0.709. The molecule has 1 aromatic heterocycles. The first-order valence-corrected chi connectivity index (χ1v) is 5.32. The number of nitrogens with one attached hydrogen (secondary N) is 1. The van der Waals surface area contributed by atoms with E-state index in [-0.39, 0.29) is 0 Å². The molecule has 1 saturated carbocycles. The monoisotopic (exact) mass is 176 g/mol. The Kier molecular flexibility index (Phi) is 1.53. The lowest BCUT2D eigenvalue weighted by Gasteiger charge is -2.01. The van der Waals surface area contributed by atoms with Crippen molar-refractivity contribution in [1.82, 2.24) is 4.98 Å². The number of nitrogens with two attached hydrogens (primary N) is 1. The minimum absolute atomic E-state index is 0.734. The van der Waals surface area contributed by atoms with Crippen molar-refractivity contribution in [3.8, 4) is 0 Å². The van der Waals surface area contributed by atoms with Gasteiger partial charge in [0.05, 0.1) is 0 Å². The molecular weight excluding hydrogens is 160 g/mol. The lowest BCUT2D eigenvalue weighted by Crippen LogP contribution is -2.01. The van der Waals surface area contributed by atoms with E-state index >= 15 is 0 Å². The van der Waals surface area contributed by atoms with E-state index < -0.39 is 0 Å². The Morgan fingerprint density at radius 1 is 1.31 bits per heavy atom. The summed E-state index contributed by atoms with van der Waals surface area (Å²) in [6.45, 7) is 0.734. The largest absolute Gasteiger partial charge is 0.362 e. The van der Waals surface area contributed by atoms with Crippen LogP contribution in [0, 0.1) is 0 Å². The second-order valence-electron chi connectivity index (χ2n) is 4.31. The zero-order chi connectivity index (χ0) is 8.84. The average Bonchev–Trinajstić information content (AvgIpc) is 2.76. The Hall–Kier alpha value is -0.760. The second-order valence-corrected chi connectivity index (χ2v) is 4.31. The van der Waals surface area contributed by atoms with E-state index in [1.165, 1.54) is 49.1 Å². The van der Waals surface area contributed by atoms with E-state index in [0.29, 0.717) is 0 Å². The van der Waals surface area contributed by atoms with Crippen LogP contribution in [0.15, 0.2) is 0 Å². The summed E-state index contributed by atoms with van der Waals surface area (Å²) in [7, 11) is 0. The van der Waals surface area contributed by atoms with Gasteiger partial charge in [0.1, 0.15) is 0 Å². The van der Waals surface area contributed by atoms with Gasteiger partial charge in [-0.3, -0.25) is 0 Å². The molecule has 2 heteroatoms. The van der Waals surface area contributed by atoms with Gasteiger partial charge in [-0.15, -0.1) is 0 Å². The first-order chi connectivity index (χ1) is 6.40. The van der Waals surface area contributed by atoms with Crippen LogP contribution in [-0.4, -0.2) is 4.98 Å². The van der Waals surface area contributed by atoms with Gasteiger partial charge < -0.3 is 10.7 Å². The summed E-state index contributed by atoms with van der Waals surface area (Å²) >= 11 is 0. The number of hydrogen-bond acceptors (Lipinski definition) is 1. The van der Waals surface area contributed by atoms with Crippen molar-refractivity contribution in [2.45, 2.75) is 44.6 Å². The third kappa shape index (κ3) is 1.05. The summed E-state index contributed by atoms with van der Waals surface area (Å²) in [6.07, 6.45) is 6.55. The maximum Gasteiger partial charge on any atom is 0.0229 e. The maximum absolute atomic E-state index is 5.81. The number of fused-ring (bicyclic) bond motifs is 1. The molecule has 70 valence electrons. The Morgan fingerprint density at radius 2 is 2.15 bits per heavy atom. The van der Waals surface area contributed by atoms with Crippen LogP contribution in [0.5, 0.6) is 0 Å². The van der Waals surface area contributed by atoms with Crippen LogP contribution < -0.4 is 5.73 Å². The molecule has 1 fully saturated rings. The van der Waals surface area contributed by atoms with Gasteiger partial charge in [0.25, 0.3) is 0 Å². The second kappa shape index (κ2) is 2.61. The molecule has 0 unspecified atom stereocenters. The minimum atomic E-state index is 0.734. The van der Waals surface area contributed by atoms with Crippen molar-refractivity contribution in [2.75, 3.05) is 0 Å². The van der Waals surface area contributed by atoms with Crippen LogP contribution in [0.2, 0.25) is 0 Å². The van der Waals surface area contributed by atoms with E-state index in [1.807, 2.05) is 0 Å². The smallest absolute Gasteiger partial charge is 0.0229 e. The number of aryl methyl sites for hydroxylation is 1. The molecule has 3 N–H and O–H groups in total. The first-order valence-electron chi connectivity index (χ1n) is 5.32. The molecule has 0 aromatic carbocycles. The number of aromatic nitrogens is 1. The predicted molar refractivity (Wildman–Crippen MR) is 52.7 cm³/mol. The molecule has 0 bridgehead atoms. The Morgan fingerprint density at radius 3 is 2.85 bits per heavy atom. The topological polar surface area (TPSA) is 41.8 Å². The van der Waals surface area contributed by atoms with Gasteiger partial charge in [-0.25, -0.2) is 0 Å². The molecule has 0 radical (unpaired) electrons. The standard InChI is InChI=1S/C11H16N2/c12-6-9-8-2-1-3-10(8)13-11(9)7-4-5-7/h7,13H,1-6,12H2. The summed E-state index contributed by atoms with van der Waals surface area (Å²) < 4.78 is 0. The highest BCUT2D eigenvalue weighted by molar-refractivity contribution is 5.42. The molecule has 2 aliphatic rings. The Balaban J connectivity index is 2.09. The van der Waals surface area contributed by atoms with Crippen molar-refractivity contribution < 1.29 is 0 Å². The fraction of sp³-hybridized carbons (Fsp3) is 0.636. The predicted octanol–water partition coefficient (Wildman–Crippen LogP) is 1.84. The van der Waals surface area contributed by atoms with Crippen LogP contribution in [0.25, 0.3) is 0 Å². The zero-order valence-electron chi connectivity index (χ0n) is 7.90. The Bertz CT molecular complexity index is 334. The third-order valence-corrected chi connectivity index (χ3v) is 3.38. The summed E-state index contributed by atoms with van der Waals surface area (Å²) in [5.74, 6) is 0.823. The van der Waals surface area contributed by atoms with Gasteiger partial charge >= 0.3 is 0 Å². The van der Waals surface area contributed by atoms with E-state index in [0.717, 1.165) is 12.5 Å². The molecule has 13 heavy (non-hydrogen) atoms. The molecule has 0 amide bonds. The van der Waals surface area contributed by atoms with Crippen LogP contribution in [-0.2, 0) is 19.4 Å². The zero-order valence-corrected chi connectivity index (χ0v) is 7.90. The molecule has 0 aliphatic heterocycles. The summed E-state index contributed by atoms with van der Waals surface area (Å²) in [5, 5.41) is 0. The number of hydrogen-bond donors (Lipinski definition) is 2. The van der Waals surface area contributed by atoms with Gasteiger partial charge in [-0.1, -0.05) is 0 Å². The van der Waals surface area contributed by atoms with Crippen molar-refractivity contribution in [1.29, 1.82) is 0 Å². The molecule has 0 atom stereocenters. The van der Waals surface area contributed by atoms with Crippen LogP contribution in [0.3, 0.4) is 0 Å². The highest BCUT2D eigenvalue weighted by atomic mass is 14.8. The van der Waals surface area contributed by atoms with Crippen LogP contribution >= 0.6 is 0 Å². The average molecular weight is 176 g/mol. The lowest BCUT2D eigenvalue weighted by atomic mass is 10.1. The third-order valence-electron chi connectivity index (χ3n) is 3.38. The SMILES string of the molecule is NCc1c(C2CC2)[nH]c2c1CCC2. The Labute approximate surface area is 78.5 Å². The van der Waals surface area contributed by atoms with E-state index in [4.69, 9.17) is 5.73 Å². The van der Waals surface area contributed by atoms with E-state index in [9.17, 15) is 0 Å². The van der Waals surface area contributed by atoms with Gasteiger partial charge in [0, 0.05) is 17.9 Å². The molecule has 0 saturated heterocycles. The fourth-order valence-electron chi connectivity index (χ4n) is 2.57. The summed E-state index contributed by atoms with van der Waals surface area (Å²) in [5.41, 5.74) is 11.8. The van der Waals surface area contributed by atoms with E-state index in [1.54, 1.807) is 5.56 Å². The van der Waals surface area contributed by atoms with Crippen LogP contribution in [0.4, 0.5) is 0 Å². The van der Waals surface area contributed by atoms with Crippen molar-refractivity contribution in [2.24, 2.45) is 5.73 Å². The lowest BCUT2D eigenvalue weighted by molar-refractivity contribution is 0.857.